The Bertz CT molecular complexity index is 371. The molecule has 1 aliphatic carbocycles. The number of rotatable bonds is 2. The van der Waals surface area contributed by atoms with Crippen LogP contribution in [0, 0.1) is 5.82 Å². The Balaban J connectivity index is 2.15. The number of nitrogens with one attached hydrogen (secondary N) is 1. The first-order valence-electron chi connectivity index (χ1n) is 7.01. The molecule has 1 aromatic rings. The summed E-state index contributed by atoms with van der Waals surface area (Å²) in [6, 6.07) is 0. The van der Waals surface area contributed by atoms with Crippen molar-refractivity contribution in [3.8, 4) is 0 Å². The van der Waals surface area contributed by atoms with Crippen LogP contribution in [-0.4, -0.2) is 17.0 Å². The molecule has 0 saturated heterocycles. The summed E-state index contributed by atoms with van der Waals surface area (Å²) in [5, 5.41) is 2.89. The lowest BCUT2D eigenvalue weighted by Crippen LogP contribution is -2.08. The summed E-state index contributed by atoms with van der Waals surface area (Å²) < 4.78 is 13.9. The van der Waals surface area contributed by atoms with Crippen molar-refractivity contribution in [3.63, 3.8) is 0 Å². The summed E-state index contributed by atoms with van der Waals surface area (Å²) in [7, 11) is 1.76. The fraction of sp³-hybridized carbons (Fsp3) is 0.714. The van der Waals surface area contributed by atoms with E-state index < -0.39 is 0 Å². The minimum Gasteiger partial charge on any atom is -0.357 e. The third-order valence-electron chi connectivity index (χ3n) is 3.74. The standard InChI is InChI=1S/C14H22FN3/c1-16-14-17-10-12(15)13(18-14)11-8-6-4-2-3-5-7-9-11/h10-11H,2-9H2,1H3,(H,16,17,18). The molecule has 0 unspecified atom stereocenters. The van der Waals surface area contributed by atoms with Gasteiger partial charge in [-0.15, -0.1) is 0 Å². The molecular weight excluding hydrogens is 229 g/mol. The first kappa shape index (κ1) is 13.2. The molecular formula is C14H22FN3. The molecule has 0 amide bonds. The SMILES string of the molecule is CNc1ncc(F)c(C2CCCCCCCC2)n1. The lowest BCUT2D eigenvalue weighted by atomic mass is 9.93. The summed E-state index contributed by atoms with van der Waals surface area (Å²) in [6.07, 6.45) is 10.9. The summed E-state index contributed by atoms with van der Waals surface area (Å²) in [5.41, 5.74) is 0.608. The highest BCUT2D eigenvalue weighted by atomic mass is 19.1. The summed E-state index contributed by atoms with van der Waals surface area (Å²) >= 11 is 0. The van der Waals surface area contributed by atoms with Crippen molar-refractivity contribution in [2.24, 2.45) is 0 Å². The first-order chi connectivity index (χ1) is 8.81. The van der Waals surface area contributed by atoms with Gasteiger partial charge in [-0.05, 0) is 12.8 Å². The van der Waals surface area contributed by atoms with E-state index in [-0.39, 0.29) is 11.7 Å². The molecule has 1 aliphatic rings. The topological polar surface area (TPSA) is 37.8 Å². The van der Waals surface area contributed by atoms with Crippen LogP contribution in [0.3, 0.4) is 0 Å². The van der Waals surface area contributed by atoms with Crippen LogP contribution in [-0.2, 0) is 0 Å². The molecule has 1 fully saturated rings. The summed E-state index contributed by atoms with van der Waals surface area (Å²) in [4.78, 5) is 8.24. The van der Waals surface area contributed by atoms with Gasteiger partial charge in [0.1, 0.15) is 0 Å². The van der Waals surface area contributed by atoms with Gasteiger partial charge in [-0.3, -0.25) is 0 Å². The van der Waals surface area contributed by atoms with E-state index in [2.05, 4.69) is 15.3 Å². The largest absolute Gasteiger partial charge is 0.357 e. The Labute approximate surface area is 108 Å². The first-order valence-corrected chi connectivity index (χ1v) is 7.01. The van der Waals surface area contributed by atoms with E-state index in [9.17, 15) is 4.39 Å². The molecule has 0 aromatic carbocycles. The Hall–Kier alpha value is -1.19. The number of hydrogen-bond acceptors (Lipinski definition) is 3. The van der Waals surface area contributed by atoms with E-state index in [1.165, 1.54) is 44.7 Å². The highest BCUT2D eigenvalue weighted by Gasteiger charge is 2.19. The Morgan fingerprint density at radius 3 is 2.33 bits per heavy atom. The number of nitrogens with zero attached hydrogens (tertiary/aromatic N) is 2. The normalized spacial score (nSPS) is 18.8. The third-order valence-corrected chi connectivity index (χ3v) is 3.74. The molecule has 2 rings (SSSR count). The van der Waals surface area contributed by atoms with Gasteiger partial charge in [-0.2, -0.15) is 0 Å². The van der Waals surface area contributed by atoms with E-state index in [1.807, 2.05) is 0 Å². The molecule has 18 heavy (non-hydrogen) atoms. The van der Waals surface area contributed by atoms with Gasteiger partial charge in [0.15, 0.2) is 5.82 Å². The molecule has 0 spiro atoms. The zero-order chi connectivity index (χ0) is 12.8. The fourth-order valence-corrected chi connectivity index (χ4v) is 2.69. The summed E-state index contributed by atoms with van der Waals surface area (Å²) in [5.74, 6) is 0.530. The second-order valence-corrected chi connectivity index (χ2v) is 5.07. The fourth-order valence-electron chi connectivity index (χ4n) is 2.69. The van der Waals surface area contributed by atoms with Crippen LogP contribution >= 0.6 is 0 Å². The van der Waals surface area contributed by atoms with Crippen LogP contribution in [0.4, 0.5) is 10.3 Å². The second-order valence-electron chi connectivity index (χ2n) is 5.07. The molecule has 0 atom stereocenters. The number of hydrogen-bond donors (Lipinski definition) is 1. The minimum absolute atomic E-state index is 0.252. The zero-order valence-electron chi connectivity index (χ0n) is 11.1. The summed E-state index contributed by atoms with van der Waals surface area (Å²) in [6.45, 7) is 0. The predicted octanol–water partition coefficient (Wildman–Crippen LogP) is 3.88. The van der Waals surface area contributed by atoms with Crippen molar-refractivity contribution in [3.05, 3.63) is 17.7 Å². The number of aromatic nitrogens is 2. The number of anilines is 1. The average molecular weight is 251 g/mol. The van der Waals surface area contributed by atoms with E-state index in [4.69, 9.17) is 0 Å². The van der Waals surface area contributed by atoms with Gasteiger partial charge in [-0.1, -0.05) is 38.5 Å². The van der Waals surface area contributed by atoms with Gasteiger partial charge in [0, 0.05) is 13.0 Å². The molecule has 1 N–H and O–H groups in total. The molecule has 1 heterocycles. The molecule has 0 aliphatic heterocycles. The van der Waals surface area contributed by atoms with Crippen LogP contribution in [0.2, 0.25) is 0 Å². The van der Waals surface area contributed by atoms with Crippen molar-refractivity contribution in [2.75, 3.05) is 12.4 Å². The van der Waals surface area contributed by atoms with Crippen LogP contribution < -0.4 is 5.32 Å². The molecule has 4 heteroatoms. The smallest absolute Gasteiger partial charge is 0.222 e. The molecule has 3 nitrogen and oxygen atoms in total. The van der Waals surface area contributed by atoms with Gasteiger partial charge in [0.05, 0.1) is 11.9 Å². The molecule has 100 valence electrons. The minimum atomic E-state index is -0.252. The van der Waals surface area contributed by atoms with Crippen molar-refractivity contribution in [1.29, 1.82) is 0 Å². The van der Waals surface area contributed by atoms with E-state index in [0.717, 1.165) is 12.8 Å². The van der Waals surface area contributed by atoms with E-state index in [0.29, 0.717) is 11.6 Å². The van der Waals surface area contributed by atoms with Gasteiger partial charge < -0.3 is 5.32 Å². The maximum absolute atomic E-state index is 13.9. The molecule has 1 aromatic heterocycles. The van der Waals surface area contributed by atoms with Gasteiger partial charge >= 0.3 is 0 Å². The van der Waals surface area contributed by atoms with Gasteiger partial charge in [-0.25, -0.2) is 14.4 Å². The van der Waals surface area contributed by atoms with Crippen molar-refractivity contribution in [1.82, 2.24) is 9.97 Å². The molecule has 1 saturated carbocycles. The number of halogens is 1. The lowest BCUT2D eigenvalue weighted by molar-refractivity contribution is 0.490. The van der Waals surface area contributed by atoms with Crippen LogP contribution in [0.25, 0.3) is 0 Å². The van der Waals surface area contributed by atoms with Crippen LogP contribution in [0.1, 0.15) is 63.0 Å². The van der Waals surface area contributed by atoms with Gasteiger partial charge in [0.25, 0.3) is 0 Å². The average Bonchev–Trinajstić information content (AvgIpc) is 2.53. The Morgan fingerprint density at radius 1 is 1.11 bits per heavy atom. The highest BCUT2D eigenvalue weighted by Crippen LogP contribution is 2.30. The maximum Gasteiger partial charge on any atom is 0.222 e. The molecule has 0 radical (unpaired) electrons. The van der Waals surface area contributed by atoms with Crippen LogP contribution in [0.5, 0.6) is 0 Å². The zero-order valence-corrected chi connectivity index (χ0v) is 11.1. The quantitative estimate of drug-likeness (QED) is 0.867. The lowest BCUT2D eigenvalue weighted by Gasteiger charge is -2.16. The van der Waals surface area contributed by atoms with E-state index >= 15 is 0 Å². The molecule has 0 bridgehead atoms. The van der Waals surface area contributed by atoms with Gasteiger partial charge in [0.2, 0.25) is 5.95 Å². The van der Waals surface area contributed by atoms with Crippen LogP contribution in [0.15, 0.2) is 6.20 Å². The van der Waals surface area contributed by atoms with Crippen molar-refractivity contribution in [2.45, 2.75) is 57.3 Å². The second kappa shape index (κ2) is 6.66. The maximum atomic E-state index is 13.9. The van der Waals surface area contributed by atoms with Crippen molar-refractivity contribution >= 4 is 5.95 Å². The van der Waals surface area contributed by atoms with Crippen molar-refractivity contribution < 1.29 is 4.39 Å². The van der Waals surface area contributed by atoms with E-state index in [1.54, 1.807) is 7.05 Å². The predicted molar refractivity (Wildman–Crippen MR) is 71.2 cm³/mol. The Morgan fingerprint density at radius 2 is 1.72 bits per heavy atom. The Kier molecular flexibility index (Phi) is 4.90. The highest BCUT2D eigenvalue weighted by molar-refractivity contribution is 5.26. The third kappa shape index (κ3) is 3.40. The monoisotopic (exact) mass is 251 g/mol.